The van der Waals surface area contributed by atoms with Crippen molar-refractivity contribution in [2.24, 2.45) is 7.05 Å². The summed E-state index contributed by atoms with van der Waals surface area (Å²) in [5.74, 6) is 0.464. The van der Waals surface area contributed by atoms with Gasteiger partial charge in [0.2, 0.25) is 11.8 Å². The monoisotopic (exact) mass is 286 g/mol. The Labute approximate surface area is 112 Å². The third-order valence-corrected chi connectivity index (χ3v) is 5.44. The van der Waals surface area contributed by atoms with Crippen LogP contribution in [0.15, 0.2) is 6.20 Å². The molecule has 1 fully saturated rings. The molecule has 2 atom stereocenters. The van der Waals surface area contributed by atoms with Crippen LogP contribution in [0.2, 0.25) is 0 Å². The predicted molar refractivity (Wildman–Crippen MR) is 70.4 cm³/mol. The normalized spacial score (nSPS) is 26.3. The lowest BCUT2D eigenvalue weighted by molar-refractivity contribution is -0.120. The van der Waals surface area contributed by atoms with E-state index < -0.39 is 15.0 Å². The van der Waals surface area contributed by atoms with Crippen molar-refractivity contribution in [3.63, 3.8) is 0 Å². The molecule has 1 aromatic rings. The molecule has 1 aliphatic heterocycles. The molecule has 0 spiro atoms. The van der Waals surface area contributed by atoms with Crippen molar-refractivity contribution in [2.75, 3.05) is 12.9 Å². The quantitative estimate of drug-likeness (QED) is 0.829. The minimum atomic E-state index is -2.77. The molecule has 7 nitrogen and oxygen atoms in total. The van der Waals surface area contributed by atoms with Crippen LogP contribution in [-0.2, 0) is 28.1 Å². The van der Waals surface area contributed by atoms with Gasteiger partial charge in [-0.3, -0.25) is 14.3 Å². The van der Waals surface area contributed by atoms with Crippen molar-refractivity contribution in [3.05, 3.63) is 11.8 Å². The van der Waals surface area contributed by atoms with E-state index in [0.717, 1.165) is 5.56 Å². The number of methoxy groups -OCH3 is 1. The van der Waals surface area contributed by atoms with Crippen LogP contribution in [0.25, 0.3) is 0 Å². The van der Waals surface area contributed by atoms with Crippen molar-refractivity contribution in [2.45, 2.75) is 24.6 Å². The van der Waals surface area contributed by atoms with Crippen molar-refractivity contribution >= 4 is 15.6 Å². The summed E-state index contributed by atoms with van der Waals surface area (Å²) in [7, 11) is 0.515. The molecule has 1 amide bonds. The number of aryl methyl sites for hydroxylation is 1. The van der Waals surface area contributed by atoms with Crippen molar-refractivity contribution in [1.29, 1.82) is 4.78 Å². The first kappa shape index (κ1) is 13.9. The molecule has 106 valence electrons. The van der Waals surface area contributed by atoms with E-state index in [-0.39, 0.29) is 12.5 Å². The van der Waals surface area contributed by atoms with Crippen molar-refractivity contribution < 1.29 is 13.7 Å². The molecular weight excluding hydrogens is 268 g/mol. The Morgan fingerprint density at radius 2 is 2.47 bits per heavy atom. The van der Waals surface area contributed by atoms with Gasteiger partial charge in [-0.1, -0.05) is 0 Å². The third-order valence-electron chi connectivity index (χ3n) is 3.18. The van der Waals surface area contributed by atoms with Gasteiger partial charge in [0.1, 0.15) is 5.25 Å². The minimum absolute atomic E-state index is 0.266. The second-order valence-electron chi connectivity index (χ2n) is 4.62. The summed E-state index contributed by atoms with van der Waals surface area (Å²) in [6.45, 7) is 0.266. The zero-order chi connectivity index (χ0) is 14.0. The van der Waals surface area contributed by atoms with E-state index in [1.807, 2.05) is 0 Å². The molecular formula is C11H18N4O3S. The van der Waals surface area contributed by atoms with E-state index in [1.54, 1.807) is 17.9 Å². The topological polar surface area (TPSA) is 97.1 Å². The van der Waals surface area contributed by atoms with Gasteiger partial charge in [0, 0.05) is 25.5 Å². The molecule has 8 heteroatoms. The van der Waals surface area contributed by atoms with Gasteiger partial charge in [0.25, 0.3) is 0 Å². The lowest BCUT2D eigenvalue weighted by Gasteiger charge is -2.11. The third kappa shape index (κ3) is 2.89. The standard InChI is InChI=1S/C11H18N4O3S/c1-15-7-8(11(14-15)18-2)6-13-10(16)9-4-3-5-19(9,12)17/h7,9,12H,3-6H2,1-2H3,(H,13,16). The van der Waals surface area contributed by atoms with Crippen molar-refractivity contribution in [3.8, 4) is 5.88 Å². The Morgan fingerprint density at radius 3 is 3.05 bits per heavy atom. The first-order chi connectivity index (χ1) is 8.94. The maximum atomic E-state index is 12.0. The van der Waals surface area contributed by atoms with Crippen LogP contribution >= 0.6 is 0 Å². The molecule has 2 rings (SSSR count). The Bertz CT molecular complexity index is 579. The molecule has 0 saturated carbocycles. The van der Waals surface area contributed by atoms with E-state index in [4.69, 9.17) is 9.52 Å². The Morgan fingerprint density at radius 1 is 1.74 bits per heavy atom. The average molecular weight is 286 g/mol. The summed E-state index contributed by atoms with van der Waals surface area (Å²) < 4.78 is 26.2. The number of nitrogens with one attached hydrogen (secondary N) is 2. The molecule has 1 aromatic heterocycles. The van der Waals surface area contributed by atoms with Gasteiger partial charge in [0.15, 0.2) is 0 Å². The Hall–Kier alpha value is -1.57. The van der Waals surface area contributed by atoms with Gasteiger partial charge in [-0.05, 0) is 12.8 Å². The van der Waals surface area contributed by atoms with Gasteiger partial charge in [0.05, 0.1) is 22.4 Å². The lowest BCUT2D eigenvalue weighted by Crippen LogP contribution is -2.36. The molecule has 0 radical (unpaired) electrons. The first-order valence-corrected chi connectivity index (χ1v) is 7.82. The number of carbonyl (C=O) groups is 1. The van der Waals surface area contributed by atoms with Crippen LogP contribution < -0.4 is 10.1 Å². The zero-order valence-corrected chi connectivity index (χ0v) is 11.8. The number of ether oxygens (including phenoxy) is 1. The highest BCUT2D eigenvalue weighted by Gasteiger charge is 2.34. The van der Waals surface area contributed by atoms with E-state index in [2.05, 4.69) is 10.4 Å². The number of aromatic nitrogens is 2. The highest BCUT2D eigenvalue weighted by atomic mass is 32.2. The summed E-state index contributed by atoms with van der Waals surface area (Å²) in [6.07, 6.45) is 2.96. The maximum Gasteiger partial charge on any atom is 0.237 e. The fraction of sp³-hybridized carbons (Fsp3) is 0.636. The molecule has 19 heavy (non-hydrogen) atoms. The molecule has 1 aliphatic rings. The van der Waals surface area contributed by atoms with E-state index >= 15 is 0 Å². The van der Waals surface area contributed by atoms with Gasteiger partial charge in [-0.25, -0.2) is 4.21 Å². The summed E-state index contributed by atoms with van der Waals surface area (Å²) in [6, 6.07) is 0. The highest BCUT2D eigenvalue weighted by molar-refractivity contribution is 7.94. The van der Waals surface area contributed by atoms with Crippen LogP contribution in [0.1, 0.15) is 18.4 Å². The van der Waals surface area contributed by atoms with Gasteiger partial charge < -0.3 is 10.1 Å². The number of rotatable bonds is 4. The molecule has 2 N–H and O–H groups in total. The molecule has 2 heterocycles. The summed E-state index contributed by atoms with van der Waals surface area (Å²) in [5, 5.41) is 6.11. The maximum absolute atomic E-state index is 12.0. The minimum Gasteiger partial charge on any atom is -0.480 e. The number of nitrogens with zero attached hydrogens (tertiary/aromatic N) is 2. The molecule has 2 unspecified atom stereocenters. The van der Waals surface area contributed by atoms with E-state index in [0.29, 0.717) is 24.5 Å². The van der Waals surface area contributed by atoms with E-state index in [1.165, 1.54) is 7.11 Å². The fourth-order valence-corrected chi connectivity index (χ4v) is 4.08. The number of hydrogen-bond acceptors (Lipinski definition) is 5. The van der Waals surface area contributed by atoms with Crippen LogP contribution in [0.3, 0.4) is 0 Å². The van der Waals surface area contributed by atoms with Gasteiger partial charge in [-0.2, -0.15) is 0 Å². The van der Waals surface area contributed by atoms with Crippen LogP contribution in [0, 0.1) is 4.78 Å². The van der Waals surface area contributed by atoms with Crippen LogP contribution in [0.5, 0.6) is 5.88 Å². The second kappa shape index (κ2) is 5.20. The smallest absolute Gasteiger partial charge is 0.237 e. The van der Waals surface area contributed by atoms with E-state index in [9.17, 15) is 9.00 Å². The number of amides is 1. The summed E-state index contributed by atoms with van der Waals surface area (Å²) >= 11 is 0. The summed E-state index contributed by atoms with van der Waals surface area (Å²) in [5.41, 5.74) is 0.757. The molecule has 1 saturated heterocycles. The van der Waals surface area contributed by atoms with Crippen LogP contribution in [-0.4, -0.2) is 38.0 Å². The SMILES string of the molecule is COc1nn(C)cc1CNC(=O)C1CCCS1(=N)=O. The highest BCUT2D eigenvalue weighted by Crippen LogP contribution is 2.21. The second-order valence-corrected chi connectivity index (χ2v) is 7.05. The first-order valence-electron chi connectivity index (χ1n) is 6.03. The molecule has 0 bridgehead atoms. The van der Waals surface area contributed by atoms with Crippen molar-refractivity contribution in [1.82, 2.24) is 15.1 Å². The zero-order valence-electron chi connectivity index (χ0n) is 11.0. The van der Waals surface area contributed by atoms with Gasteiger partial charge in [-0.15, -0.1) is 5.10 Å². The van der Waals surface area contributed by atoms with Crippen LogP contribution in [0.4, 0.5) is 0 Å². The Balaban J connectivity index is 2.01. The molecule has 0 aromatic carbocycles. The Kier molecular flexibility index (Phi) is 3.79. The number of carbonyl (C=O) groups excluding carboxylic acids is 1. The average Bonchev–Trinajstić information content (AvgIpc) is 2.88. The largest absolute Gasteiger partial charge is 0.480 e. The number of hydrogen-bond donors (Lipinski definition) is 2. The lowest BCUT2D eigenvalue weighted by atomic mass is 10.2. The fourth-order valence-electron chi connectivity index (χ4n) is 2.23. The molecule has 0 aliphatic carbocycles. The van der Waals surface area contributed by atoms with Gasteiger partial charge >= 0.3 is 0 Å². The predicted octanol–water partition coefficient (Wildman–Crippen LogP) is 0.254. The summed E-state index contributed by atoms with van der Waals surface area (Å²) in [4.78, 5) is 12.0.